The first-order chi connectivity index (χ1) is 8.18. The normalized spacial score (nSPS) is 22.9. The van der Waals surface area contributed by atoms with E-state index in [1.165, 1.54) is 12.8 Å². The van der Waals surface area contributed by atoms with E-state index >= 15 is 0 Å². The van der Waals surface area contributed by atoms with Crippen molar-refractivity contribution in [2.24, 2.45) is 17.8 Å². The summed E-state index contributed by atoms with van der Waals surface area (Å²) in [5, 5.41) is 3.32. The van der Waals surface area contributed by atoms with Crippen molar-refractivity contribution in [3.8, 4) is 0 Å². The summed E-state index contributed by atoms with van der Waals surface area (Å²) in [4.78, 5) is 14.4. The number of nitrogens with zero attached hydrogens (tertiary/aromatic N) is 1. The number of amides is 1. The van der Waals surface area contributed by atoms with Crippen molar-refractivity contribution in [3.63, 3.8) is 0 Å². The first kappa shape index (κ1) is 15.8. The number of halogens is 1. The van der Waals surface area contributed by atoms with Gasteiger partial charge in [0, 0.05) is 19.0 Å². The number of nitrogens with one attached hydrogen (secondary N) is 1. The third-order valence-corrected chi connectivity index (χ3v) is 4.48. The Kier molecular flexibility index (Phi) is 6.44. The van der Waals surface area contributed by atoms with Crippen LogP contribution in [0.4, 0.5) is 0 Å². The predicted molar refractivity (Wildman–Crippen MR) is 77.0 cm³/mol. The van der Waals surface area contributed by atoms with Gasteiger partial charge in [-0.2, -0.15) is 0 Å². The van der Waals surface area contributed by atoms with Crippen molar-refractivity contribution < 1.29 is 4.79 Å². The Bertz CT molecular complexity index is 257. The summed E-state index contributed by atoms with van der Waals surface area (Å²) >= 11 is 0. The average molecular weight is 275 g/mol. The first-order valence-electron chi connectivity index (χ1n) is 7.18. The maximum Gasteiger partial charge on any atom is 0.225 e. The first-order valence-corrected chi connectivity index (χ1v) is 7.18. The number of hydrogen-bond acceptors (Lipinski definition) is 2. The fraction of sp³-hybridized carbons (Fsp3) is 0.929. The van der Waals surface area contributed by atoms with Crippen LogP contribution in [0.3, 0.4) is 0 Å². The van der Waals surface area contributed by atoms with Gasteiger partial charge in [-0.1, -0.05) is 13.8 Å². The van der Waals surface area contributed by atoms with E-state index in [1.54, 1.807) is 0 Å². The lowest BCUT2D eigenvalue weighted by Gasteiger charge is -2.36. The fourth-order valence-electron chi connectivity index (χ4n) is 3.11. The van der Waals surface area contributed by atoms with E-state index in [0.717, 1.165) is 50.9 Å². The molecule has 0 aliphatic carbocycles. The van der Waals surface area contributed by atoms with E-state index < -0.39 is 0 Å². The van der Waals surface area contributed by atoms with Crippen LogP contribution in [0.25, 0.3) is 0 Å². The number of rotatable bonds is 2. The van der Waals surface area contributed by atoms with Crippen LogP contribution in [0.5, 0.6) is 0 Å². The van der Waals surface area contributed by atoms with E-state index in [4.69, 9.17) is 0 Å². The number of likely N-dealkylation sites (tertiary alicyclic amines) is 1. The van der Waals surface area contributed by atoms with Crippen molar-refractivity contribution in [1.29, 1.82) is 0 Å². The smallest absolute Gasteiger partial charge is 0.225 e. The van der Waals surface area contributed by atoms with Crippen molar-refractivity contribution in [3.05, 3.63) is 0 Å². The molecule has 1 amide bonds. The molecule has 0 aromatic heterocycles. The molecule has 2 aliphatic heterocycles. The largest absolute Gasteiger partial charge is 0.342 e. The Hall–Kier alpha value is -0.280. The zero-order chi connectivity index (χ0) is 12.3. The molecule has 0 atom stereocenters. The van der Waals surface area contributed by atoms with E-state index in [-0.39, 0.29) is 12.4 Å². The molecule has 2 aliphatic rings. The molecule has 0 saturated carbocycles. The summed E-state index contributed by atoms with van der Waals surface area (Å²) in [7, 11) is 0. The second-order valence-corrected chi connectivity index (χ2v) is 5.93. The molecule has 3 nitrogen and oxygen atoms in total. The van der Waals surface area contributed by atoms with Crippen LogP contribution >= 0.6 is 12.4 Å². The molecule has 0 aromatic carbocycles. The van der Waals surface area contributed by atoms with Gasteiger partial charge in [0.2, 0.25) is 5.91 Å². The van der Waals surface area contributed by atoms with Gasteiger partial charge in [-0.15, -0.1) is 12.4 Å². The molecule has 18 heavy (non-hydrogen) atoms. The highest BCUT2D eigenvalue weighted by atomic mass is 35.5. The highest BCUT2D eigenvalue weighted by molar-refractivity contribution is 5.85. The number of carbonyl (C=O) groups excluding carboxylic acids is 1. The number of hydrogen-bond donors (Lipinski definition) is 1. The Morgan fingerprint density at radius 2 is 1.67 bits per heavy atom. The fourth-order valence-corrected chi connectivity index (χ4v) is 3.11. The second kappa shape index (κ2) is 7.34. The van der Waals surface area contributed by atoms with Gasteiger partial charge in [-0.05, 0) is 50.6 Å². The van der Waals surface area contributed by atoms with E-state index in [9.17, 15) is 4.79 Å². The van der Waals surface area contributed by atoms with Crippen molar-refractivity contribution in [2.75, 3.05) is 26.2 Å². The molecular formula is C14H27ClN2O. The summed E-state index contributed by atoms with van der Waals surface area (Å²) < 4.78 is 0. The van der Waals surface area contributed by atoms with E-state index in [0.29, 0.717) is 11.8 Å². The summed E-state index contributed by atoms with van der Waals surface area (Å²) in [6, 6.07) is 0. The summed E-state index contributed by atoms with van der Waals surface area (Å²) in [5.41, 5.74) is 0. The van der Waals surface area contributed by atoms with Gasteiger partial charge in [-0.3, -0.25) is 4.79 Å². The predicted octanol–water partition coefficient (Wildman–Crippen LogP) is 2.30. The van der Waals surface area contributed by atoms with Crippen LogP contribution in [0.15, 0.2) is 0 Å². The van der Waals surface area contributed by atoms with Gasteiger partial charge >= 0.3 is 0 Å². The lowest BCUT2D eigenvalue weighted by atomic mass is 9.86. The molecule has 0 radical (unpaired) electrons. The molecule has 106 valence electrons. The third kappa shape index (κ3) is 3.86. The summed E-state index contributed by atoms with van der Waals surface area (Å²) in [6.45, 7) is 8.61. The highest BCUT2D eigenvalue weighted by Gasteiger charge is 2.29. The Morgan fingerprint density at radius 3 is 2.17 bits per heavy atom. The van der Waals surface area contributed by atoms with Crippen LogP contribution in [-0.4, -0.2) is 37.0 Å². The molecule has 2 saturated heterocycles. The molecule has 0 aromatic rings. The molecule has 2 rings (SSSR count). The highest BCUT2D eigenvalue weighted by Crippen LogP contribution is 2.26. The Morgan fingerprint density at radius 1 is 1.11 bits per heavy atom. The number of carbonyl (C=O) groups is 1. The monoisotopic (exact) mass is 274 g/mol. The average Bonchev–Trinajstić information content (AvgIpc) is 2.39. The molecule has 0 bridgehead atoms. The summed E-state index contributed by atoms with van der Waals surface area (Å²) in [5.74, 6) is 2.32. The molecule has 2 fully saturated rings. The zero-order valence-corrected chi connectivity index (χ0v) is 12.5. The van der Waals surface area contributed by atoms with E-state index in [1.807, 2.05) is 0 Å². The quantitative estimate of drug-likeness (QED) is 0.838. The Balaban J connectivity index is 0.00000162. The van der Waals surface area contributed by atoms with Gasteiger partial charge in [-0.25, -0.2) is 0 Å². The number of piperidine rings is 2. The van der Waals surface area contributed by atoms with Crippen molar-refractivity contribution in [1.82, 2.24) is 10.2 Å². The van der Waals surface area contributed by atoms with Crippen LogP contribution in [0, 0.1) is 17.8 Å². The third-order valence-electron chi connectivity index (χ3n) is 4.48. The van der Waals surface area contributed by atoms with Crippen molar-refractivity contribution in [2.45, 2.75) is 39.5 Å². The molecular weight excluding hydrogens is 248 g/mol. The molecule has 0 unspecified atom stereocenters. The topological polar surface area (TPSA) is 32.3 Å². The van der Waals surface area contributed by atoms with Gasteiger partial charge in [0.1, 0.15) is 0 Å². The molecule has 1 N–H and O–H groups in total. The maximum absolute atomic E-state index is 12.3. The van der Waals surface area contributed by atoms with Gasteiger partial charge in [0.05, 0.1) is 0 Å². The molecule has 2 heterocycles. The van der Waals surface area contributed by atoms with Crippen LogP contribution in [0.1, 0.15) is 39.5 Å². The van der Waals surface area contributed by atoms with Crippen LogP contribution < -0.4 is 5.32 Å². The zero-order valence-electron chi connectivity index (χ0n) is 11.7. The molecule has 4 heteroatoms. The minimum Gasteiger partial charge on any atom is -0.342 e. The summed E-state index contributed by atoms with van der Waals surface area (Å²) in [6.07, 6.45) is 4.47. The Labute approximate surface area is 117 Å². The lowest BCUT2D eigenvalue weighted by Crippen LogP contribution is -2.45. The minimum atomic E-state index is 0. The lowest BCUT2D eigenvalue weighted by molar-refractivity contribution is -0.138. The van der Waals surface area contributed by atoms with Crippen LogP contribution in [0.2, 0.25) is 0 Å². The van der Waals surface area contributed by atoms with Gasteiger partial charge in [0.15, 0.2) is 0 Å². The van der Waals surface area contributed by atoms with Crippen LogP contribution in [-0.2, 0) is 4.79 Å². The van der Waals surface area contributed by atoms with Gasteiger partial charge in [0.25, 0.3) is 0 Å². The second-order valence-electron chi connectivity index (χ2n) is 5.93. The van der Waals surface area contributed by atoms with E-state index in [2.05, 4.69) is 24.1 Å². The maximum atomic E-state index is 12.3. The SMILES string of the molecule is CC(C)C1CCN(C(=O)C2CCNCC2)CC1.Cl. The van der Waals surface area contributed by atoms with Crippen molar-refractivity contribution >= 4 is 18.3 Å². The standard InChI is InChI=1S/C14H26N2O.ClH/c1-11(2)12-5-9-16(10-6-12)14(17)13-3-7-15-8-4-13;/h11-13,15H,3-10H2,1-2H3;1H. The molecule has 0 spiro atoms. The van der Waals surface area contributed by atoms with Gasteiger partial charge < -0.3 is 10.2 Å². The minimum absolute atomic E-state index is 0.